The molecule has 0 saturated heterocycles. The van der Waals surface area contributed by atoms with Crippen LogP contribution in [0.3, 0.4) is 0 Å². The molecule has 1 aliphatic rings. The maximum Gasteiger partial charge on any atom is 0.417 e. The summed E-state index contributed by atoms with van der Waals surface area (Å²) in [7, 11) is 1.39. The van der Waals surface area contributed by atoms with E-state index in [1.54, 1.807) is 45.0 Å². The van der Waals surface area contributed by atoms with Crippen LogP contribution >= 0.6 is 0 Å². The number of fused-ring (bicyclic) bond motifs is 1. The Morgan fingerprint density at radius 3 is 2.47 bits per heavy atom. The van der Waals surface area contributed by atoms with E-state index in [9.17, 15) is 9.59 Å². The van der Waals surface area contributed by atoms with Gasteiger partial charge in [-0.2, -0.15) is 0 Å². The number of benzene rings is 1. The molecule has 1 amide bonds. The number of hydrogen-bond acceptors (Lipinski definition) is 4. The monoisotopic (exact) mass is 263 g/mol. The molecule has 0 bridgehead atoms. The molecule has 0 spiro atoms. The summed E-state index contributed by atoms with van der Waals surface area (Å²) in [6, 6.07) is 6.90. The van der Waals surface area contributed by atoms with E-state index in [2.05, 4.69) is 0 Å². The Hall–Kier alpha value is -1.88. The zero-order valence-electron chi connectivity index (χ0n) is 11.5. The first kappa shape index (κ1) is 13.5. The molecular formula is C14H17NO4. The van der Waals surface area contributed by atoms with E-state index in [0.29, 0.717) is 11.3 Å². The molecule has 5 nitrogen and oxygen atoms in total. The molecule has 0 saturated carbocycles. The lowest BCUT2D eigenvalue weighted by Gasteiger charge is -2.27. The maximum absolute atomic E-state index is 12.2. The smallest absolute Gasteiger partial charge is 0.417 e. The Morgan fingerprint density at radius 2 is 1.89 bits per heavy atom. The molecule has 5 heteroatoms. The van der Waals surface area contributed by atoms with E-state index in [0.717, 1.165) is 0 Å². The first-order valence-corrected chi connectivity index (χ1v) is 6.03. The number of hydrogen-bond donors (Lipinski definition) is 0. The van der Waals surface area contributed by atoms with Crippen molar-refractivity contribution in [3.8, 4) is 0 Å². The van der Waals surface area contributed by atoms with Crippen molar-refractivity contribution in [1.29, 1.82) is 0 Å². The second-order valence-electron chi connectivity index (χ2n) is 5.32. The van der Waals surface area contributed by atoms with Crippen LogP contribution in [0.4, 0.5) is 10.5 Å². The zero-order chi connectivity index (χ0) is 14.2. The summed E-state index contributed by atoms with van der Waals surface area (Å²) >= 11 is 0. The highest BCUT2D eigenvalue weighted by Gasteiger charge is 2.42. The van der Waals surface area contributed by atoms with E-state index in [1.807, 2.05) is 0 Å². The average molecular weight is 263 g/mol. The van der Waals surface area contributed by atoms with Crippen LogP contribution in [0, 0.1) is 0 Å². The van der Waals surface area contributed by atoms with Crippen LogP contribution in [0.15, 0.2) is 24.3 Å². The largest absolute Gasteiger partial charge is 0.443 e. The van der Waals surface area contributed by atoms with Gasteiger partial charge in [-0.1, -0.05) is 12.1 Å². The number of nitrogens with zero attached hydrogens (tertiary/aromatic N) is 1. The Labute approximate surface area is 112 Å². The van der Waals surface area contributed by atoms with Gasteiger partial charge in [0.15, 0.2) is 0 Å². The predicted molar refractivity (Wildman–Crippen MR) is 70.3 cm³/mol. The Balaban J connectivity index is 2.38. The lowest BCUT2D eigenvalue weighted by Crippen LogP contribution is -2.44. The third-order valence-electron chi connectivity index (χ3n) is 2.70. The fourth-order valence-corrected chi connectivity index (χ4v) is 1.99. The number of carbonyl (C=O) groups is 2. The number of para-hydroxylation sites is 1. The van der Waals surface area contributed by atoms with Crippen LogP contribution in [0.1, 0.15) is 31.1 Å². The third-order valence-corrected chi connectivity index (χ3v) is 2.70. The number of ketones is 1. The van der Waals surface area contributed by atoms with Gasteiger partial charge < -0.3 is 9.47 Å². The molecular weight excluding hydrogens is 246 g/mol. The number of carbonyl (C=O) groups excluding carboxylic acids is 2. The second kappa shape index (κ2) is 4.66. The highest BCUT2D eigenvalue weighted by molar-refractivity contribution is 6.15. The fraction of sp³-hybridized carbons (Fsp3) is 0.429. The lowest BCUT2D eigenvalue weighted by molar-refractivity contribution is 0.0382. The molecule has 1 aromatic carbocycles. The molecule has 0 aromatic heterocycles. The van der Waals surface area contributed by atoms with Gasteiger partial charge in [0, 0.05) is 12.7 Å². The predicted octanol–water partition coefficient (Wildman–Crippen LogP) is 2.60. The van der Waals surface area contributed by atoms with Gasteiger partial charge >= 0.3 is 6.09 Å². The van der Waals surface area contributed by atoms with Gasteiger partial charge in [-0.15, -0.1) is 0 Å². The third kappa shape index (κ3) is 2.46. The summed E-state index contributed by atoms with van der Waals surface area (Å²) in [6.07, 6.45) is -1.54. The molecule has 0 aliphatic carbocycles. The Bertz CT molecular complexity index is 518. The maximum atomic E-state index is 12.2. The van der Waals surface area contributed by atoms with E-state index >= 15 is 0 Å². The second-order valence-corrected chi connectivity index (χ2v) is 5.32. The normalized spacial score (nSPS) is 18.4. The van der Waals surface area contributed by atoms with Crippen molar-refractivity contribution in [3.63, 3.8) is 0 Å². The van der Waals surface area contributed by atoms with Crippen molar-refractivity contribution < 1.29 is 19.1 Å². The van der Waals surface area contributed by atoms with Gasteiger partial charge in [0.05, 0.1) is 5.69 Å². The standard InChI is InChI=1S/C14H17NO4/c1-14(2,3)19-13(17)15-10-8-6-5-7-9(10)11(16)12(15)18-4/h5-8,12H,1-4H3. The Kier molecular flexibility index (Phi) is 3.32. The van der Waals surface area contributed by atoms with Gasteiger partial charge in [0.1, 0.15) is 5.60 Å². The molecule has 1 atom stereocenters. The van der Waals surface area contributed by atoms with Crippen LogP contribution < -0.4 is 4.90 Å². The highest BCUT2D eigenvalue weighted by atomic mass is 16.6. The molecule has 1 heterocycles. The Morgan fingerprint density at radius 1 is 1.26 bits per heavy atom. The summed E-state index contributed by atoms with van der Waals surface area (Å²) in [4.78, 5) is 25.6. The minimum absolute atomic E-state index is 0.232. The number of anilines is 1. The fourth-order valence-electron chi connectivity index (χ4n) is 1.99. The summed E-state index contributed by atoms with van der Waals surface area (Å²) in [5.41, 5.74) is 0.365. The van der Waals surface area contributed by atoms with Crippen molar-refractivity contribution in [2.24, 2.45) is 0 Å². The van der Waals surface area contributed by atoms with Crippen molar-refractivity contribution in [2.45, 2.75) is 32.6 Å². The summed E-state index contributed by atoms with van der Waals surface area (Å²) in [5.74, 6) is -0.232. The van der Waals surface area contributed by atoms with Crippen LogP contribution in [0.5, 0.6) is 0 Å². The highest BCUT2D eigenvalue weighted by Crippen LogP contribution is 2.33. The minimum atomic E-state index is -0.952. The molecule has 2 rings (SSSR count). The first-order valence-electron chi connectivity index (χ1n) is 6.03. The van der Waals surface area contributed by atoms with Gasteiger partial charge in [-0.3, -0.25) is 4.79 Å². The molecule has 1 aromatic rings. The van der Waals surface area contributed by atoms with E-state index in [1.165, 1.54) is 12.0 Å². The van der Waals surface area contributed by atoms with Crippen molar-refractivity contribution in [1.82, 2.24) is 0 Å². The topological polar surface area (TPSA) is 55.8 Å². The van der Waals surface area contributed by atoms with E-state index < -0.39 is 17.9 Å². The number of methoxy groups -OCH3 is 1. The van der Waals surface area contributed by atoms with Gasteiger partial charge in [0.2, 0.25) is 12.0 Å². The summed E-state index contributed by atoms with van der Waals surface area (Å²) in [5, 5.41) is 0. The van der Waals surface area contributed by atoms with Crippen LogP contribution in [0.25, 0.3) is 0 Å². The number of amides is 1. The minimum Gasteiger partial charge on any atom is -0.443 e. The first-order chi connectivity index (χ1) is 8.85. The zero-order valence-corrected chi connectivity index (χ0v) is 11.5. The van der Waals surface area contributed by atoms with E-state index in [4.69, 9.17) is 9.47 Å². The summed E-state index contributed by atoms with van der Waals surface area (Å²) in [6.45, 7) is 5.32. The van der Waals surface area contributed by atoms with Crippen molar-refractivity contribution >= 4 is 17.6 Å². The van der Waals surface area contributed by atoms with Crippen molar-refractivity contribution in [3.05, 3.63) is 29.8 Å². The lowest BCUT2D eigenvalue weighted by atomic mass is 10.1. The summed E-state index contributed by atoms with van der Waals surface area (Å²) < 4.78 is 10.4. The van der Waals surface area contributed by atoms with Gasteiger partial charge in [-0.05, 0) is 32.9 Å². The van der Waals surface area contributed by atoms with Gasteiger partial charge in [-0.25, -0.2) is 9.69 Å². The average Bonchev–Trinajstić information content (AvgIpc) is 2.60. The molecule has 19 heavy (non-hydrogen) atoms. The molecule has 0 N–H and O–H groups in total. The van der Waals surface area contributed by atoms with Crippen LogP contribution in [0.2, 0.25) is 0 Å². The van der Waals surface area contributed by atoms with Crippen LogP contribution in [-0.4, -0.2) is 30.8 Å². The number of ether oxygens (including phenoxy) is 2. The molecule has 102 valence electrons. The quantitative estimate of drug-likeness (QED) is 0.781. The molecule has 0 fully saturated rings. The molecule has 0 radical (unpaired) electrons. The van der Waals surface area contributed by atoms with Crippen LogP contribution in [-0.2, 0) is 9.47 Å². The van der Waals surface area contributed by atoms with E-state index in [-0.39, 0.29) is 5.78 Å². The van der Waals surface area contributed by atoms with Gasteiger partial charge in [0.25, 0.3) is 0 Å². The molecule has 1 aliphatic heterocycles. The molecule has 1 unspecified atom stereocenters. The SMILES string of the molecule is COC1C(=O)c2ccccc2N1C(=O)OC(C)(C)C. The number of Topliss-reactive ketones (excluding diaryl/α,β-unsaturated/α-hetero) is 1. The van der Waals surface area contributed by atoms with Crippen molar-refractivity contribution in [2.75, 3.05) is 12.0 Å². The number of rotatable bonds is 1.